The van der Waals surface area contributed by atoms with Gasteiger partial charge in [0.25, 0.3) is 0 Å². The van der Waals surface area contributed by atoms with Crippen molar-refractivity contribution >= 4 is 11.8 Å². The summed E-state index contributed by atoms with van der Waals surface area (Å²) < 4.78 is 6.28. The van der Waals surface area contributed by atoms with Gasteiger partial charge in [-0.3, -0.25) is 4.90 Å². The SMILES string of the molecule is CC1(C)CCN(CCOc2ccc(CCN)cc2)CCS1. The number of ether oxygens (including phenoxy) is 1. The van der Waals surface area contributed by atoms with E-state index >= 15 is 0 Å². The molecular weight excluding hydrogens is 280 g/mol. The van der Waals surface area contributed by atoms with E-state index in [0.29, 0.717) is 11.3 Å². The molecule has 0 spiro atoms. The van der Waals surface area contributed by atoms with E-state index in [1.54, 1.807) is 0 Å². The van der Waals surface area contributed by atoms with Gasteiger partial charge in [-0.15, -0.1) is 0 Å². The van der Waals surface area contributed by atoms with E-state index in [-0.39, 0.29) is 0 Å². The van der Waals surface area contributed by atoms with Crippen molar-refractivity contribution in [2.45, 2.75) is 31.4 Å². The van der Waals surface area contributed by atoms with Gasteiger partial charge in [0.05, 0.1) is 0 Å². The quantitative estimate of drug-likeness (QED) is 0.877. The summed E-state index contributed by atoms with van der Waals surface area (Å²) in [7, 11) is 0. The summed E-state index contributed by atoms with van der Waals surface area (Å²) in [5.74, 6) is 2.18. The van der Waals surface area contributed by atoms with Crippen LogP contribution in [0.4, 0.5) is 0 Å². The van der Waals surface area contributed by atoms with Crippen molar-refractivity contribution in [2.75, 3.05) is 38.5 Å². The van der Waals surface area contributed by atoms with E-state index < -0.39 is 0 Å². The minimum Gasteiger partial charge on any atom is -0.492 e. The van der Waals surface area contributed by atoms with Crippen molar-refractivity contribution in [2.24, 2.45) is 5.73 Å². The van der Waals surface area contributed by atoms with Crippen molar-refractivity contribution in [3.63, 3.8) is 0 Å². The van der Waals surface area contributed by atoms with E-state index in [4.69, 9.17) is 10.5 Å². The normalized spacial score (nSPS) is 19.2. The molecule has 0 atom stereocenters. The van der Waals surface area contributed by atoms with Crippen molar-refractivity contribution < 1.29 is 4.74 Å². The van der Waals surface area contributed by atoms with Gasteiger partial charge in [0.2, 0.25) is 0 Å². The van der Waals surface area contributed by atoms with Crippen LogP contribution in [0.1, 0.15) is 25.8 Å². The zero-order valence-corrected chi connectivity index (χ0v) is 14.1. The molecular formula is C17H28N2OS. The van der Waals surface area contributed by atoms with Crippen molar-refractivity contribution in [1.29, 1.82) is 0 Å². The van der Waals surface area contributed by atoms with Crippen molar-refractivity contribution in [3.8, 4) is 5.75 Å². The molecule has 0 radical (unpaired) electrons. The number of nitrogens with two attached hydrogens (primary N) is 1. The van der Waals surface area contributed by atoms with Gasteiger partial charge in [0.15, 0.2) is 0 Å². The zero-order chi connectivity index (χ0) is 15.1. The van der Waals surface area contributed by atoms with Gasteiger partial charge in [-0.1, -0.05) is 26.0 Å². The van der Waals surface area contributed by atoms with Crippen LogP contribution in [0.2, 0.25) is 0 Å². The smallest absolute Gasteiger partial charge is 0.119 e. The van der Waals surface area contributed by atoms with Crippen LogP contribution in [0.15, 0.2) is 24.3 Å². The largest absolute Gasteiger partial charge is 0.492 e. The lowest BCUT2D eigenvalue weighted by Gasteiger charge is -2.22. The van der Waals surface area contributed by atoms with Crippen LogP contribution >= 0.6 is 11.8 Å². The van der Waals surface area contributed by atoms with E-state index in [1.807, 2.05) is 12.1 Å². The van der Waals surface area contributed by atoms with Crippen LogP contribution in [0.3, 0.4) is 0 Å². The van der Waals surface area contributed by atoms with Crippen LogP contribution in [0, 0.1) is 0 Å². The van der Waals surface area contributed by atoms with Crippen molar-refractivity contribution in [3.05, 3.63) is 29.8 Å². The minimum absolute atomic E-state index is 0.425. The Kier molecular flexibility index (Phi) is 6.40. The molecule has 2 N–H and O–H groups in total. The molecule has 1 aliphatic heterocycles. The molecule has 0 bridgehead atoms. The van der Waals surface area contributed by atoms with Crippen LogP contribution in [0.5, 0.6) is 5.75 Å². The number of nitrogens with zero attached hydrogens (tertiary/aromatic N) is 1. The van der Waals surface area contributed by atoms with Crippen LogP contribution in [0.25, 0.3) is 0 Å². The highest BCUT2D eigenvalue weighted by atomic mass is 32.2. The van der Waals surface area contributed by atoms with Gasteiger partial charge >= 0.3 is 0 Å². The van der Waals surface area contributed by atoms with Gasteiger partial charge in [-0.25, -0.2) is 0 Å². The van der Waals surface area contributed by atoms with Crippen LogP contribution in [-0.2, 0) is 6.42 Å². The van der Waals surface area contributed by atoms with Gasteiger partial charge < -0.3 is 10.5 Å². The molecule has 118 valence electrons. The molecule has 1 aromatic carbocycles. The Bertz CT molecular complexity index is 419. The fraction of sp³-hybridized carbons (Fsp3) is 0.647. The lowest BCUT2D eigenvalue weighted by molar-refractivity contribution is 0.214. The molecule has 1 fully saturated rings. The van der Waals surface area contributed by atoms with Crippen molar-refractivity contribution in [1.82, 2.24) is 4.90 Å². The maximum atomic E-state index is 5.85. The average molecular weight is 308 g/mol. The number of benzene rings is 1. The van der Waals surface area contributed by atoms with Crippen LogP contribution in [-0.4, -0.2) is 48.2 Å². The number of hydrogen-bond acceptors (Lipinski definition) is 4. The molecule has 1 aromatic rings. The molecule has 1 aliphatic rings. The fourth-order valence-electron chi connectivity index (χ4n) is 2.50. The molecule has 4 heteroatoms. The first-order valence-electron chi connectivity index (χ1n) is 7.87. The Morgan fingerprint density at radius 1 is 1.24 bits per heavy atom. The highest BCUT2D eigenvalue weighted by Gasteiger charge is 2.23. The summed E-state index contributed by atoms with van der Waals surface area (Å²) >= 11 is 2.09. The molecule has 0 saturated carbocycles. The molecule has 0 aromatic heterocycles. The summed E-state index contributed by atoms with van der Waals surface area (Å²) in [5, 5.41) is 0. The fourth-order valence-corrected chi connectivity index (χ4v) is 3.64. The molecule has 2 rings (SSSR count). The first-order valence-corrected chi connectivity index (χ1v) is 8.86. The predicted octanol–water partition coefficient (Wildman–Crippen LogP) is 2.78. The van der Waals surface area contributed by atoms with E-state index in [9.17, 15) is 0 Å². The summed E-state index contributed by atoms with van der Waals surface area (Å²) in [6.07, 6.45) is 2.19. The maximum absolute atomic E-state index is 5.85. The second-order valence-electron chi connectivity index (χ2n) is 6.23. The van der Waals surface area contributed by atoms with Gasteiger partial charge in [-0.2, -0.15) is 11.8 Å². The molecule has 0 unspecified atom stereocenters. The molecule has 1 heterocycles. The second kappa shape index (κ2) is 8.06. The third-order valence-corrected chi connectivity index (χ3v) is 5.34. The highest BCUT2D eigenvalue weighted by molar-refractivity contribution is 8.00. The van der Waals surface area contributed by atoms with E-state index in [1.165, 1.54) is 30.8 Å². The monoisotopic (exact) mass is 308 g/mol. The summed E-state index contributed by atoms with van der Waals surface area (Å²) in [6.45, 7) is 9.53. The summed E-state index contributed by atoms with van der Waals surface area (Å²) in [4.78, 5) is 2.52. The molecule has 0 aliphatic carbocycles. The van der Waals surface area contributed by atoms with Gasteiger partial charge in [0, 0.05) is 23.6 Å². The maximum Gasteiger partial charge on any atom is 0.119 e. The summed E-state index contributed by atoms with van der Waals surface area (Å²) in [5.41, 5.74) is 6.83. The second-order valence-corrected chi connectivity index (χ2v) is 8.03. The Hall–Kier alpha value is -0.710. The topological polar surface area (TPSA) is 38.5 Å². The first kappa shape index (κ1) is 16.7. The molecule has 0 amide bonds. The Morgan fingerprint density at radius 2 is 2.00 bits per heavy atom. The predicted molar refractivity (Wildman–Crippen MR) is 92.3 cm³/mol. The first-order chi connectivity index (χ1) is 10.1. The van der Waals surface area contributed by atoms with Gasteiger partial charge in [-0.05, 0) is 43.6 Å². The third kappa shape index (κ3) is 5.89. The lowest BCUT2D eigenvalue weighted by Crippen LogP contribution is -2.31. The number of thioether (sulfide) groups is 1. The van der Waals surface area contributed by atoms with E-state index in [0.717, 1.165) is 25.3 Å². The Labute approximate surface area is 133 Å². The highest BCUT2D eigenvalue weighted by Crippen LogP contribution is 2.30. The van der Waals surface area contributed by atoms with E-state index in [2.05, 4.69) is 42.6 Å². The average Bonchev–Trinajstić information content (AvgIpc) is 2.62. The summed E-state index contributed by atoms with van der Waals surface area (Å²) in [6, 6.07) is 8.30. The number of hydrogen-bond donors (Lipinski definition) is 1. The molecule has 1 saturated heterocycles. The molecule has 3 nitrogen and oxygen atoms in total. The van der Waals surface area contributed by atoms with Crippen LogP contribution < -0.4 is 10.5 Å². The van der Waals surface area contributed by atoms with Gasteiger partial charge in [0.1, 0.15) is 12.4 Å². The molecule has 21 heavy (non-hydrogen) atoms. The zero-order valence-electron chi connectivity index (χ0n) is 13.3. The Morgan fingerprint density at radius 3 is 2.71 bits per heavy atom. The number of rotatable bonds is 6. The Balaban J connectivity index is 1.71. The third-order valence-electron chi connectivity index (χ3n) is 3.96. The lowest BCUT2D eigenvalue weighted by atomic mass is 10.1. The minimum atomic E-state index is 0.425. The standard InChI is InChI=1S/C17H28N2OS/c1-17(2)8-10-19(12-14-21-17)11-13-20-16-5-3-15(4-6-16)7-9-18/h3-6H,7-14,18H2,1-2H3.